The van der Waals surface area contributed by atoms with Crippen LogP contribution in [0.4, 0.5) is 5.69 Å². The quantitative estimate of drug-likeness (QED) is 0.385. The normalized spacial score (nSPS) is 18.2. The molecule has 0 bridgehead atoms. The third-order valence-corrected chi connectivity index (χ3v) is 9.16. The van der Waals surface area contributed by atoms with E-state index in [9.17, 15) is 23.1 Å². The molecular formula is C30H36N4O7S. The molecule has 11 nitrogen and oxygen atoms in total. The Morgan fingerprint density at radius 2 is 1.88 bits per heavy atom. The predicted molar refractivity (Wildman–Crippen MR) is 157 cm³/mol. The summed E-state index contributed by atoms with van der Waals surface area (Å²) in [4.78, 5) is 31.8. The summed E-state index contributed by atoms with van der Waals surface area (Å²) in [6.45, 7) is 3.67. The number of aliphatic hydroxyl groups is 1. The lowest BCUT2D eigenvalue weighted by Gasteiger charge is -2.33. The third-order valence-electron chi connectivity index (χ3n) is 7.32. The number of pyridine rings is 1. The summed E-state index contributed by atoms with van der Waals surface area (Å²) in [6, 6.07) is 13.9. The summed E-state index contributed by atoms with van der Waals surface area (Å²) >= 11 is 0. The van der Waals surface area contributed by atoms with E-state index in [1.54, 1.807) is 54.3 Å². The third kappa shape index (κ3) is 7.07. The second-order valence-electron chi connectivity index (χ2n) is 10.4. The smallest absolute Gasteiger partial charge is 0.255 e. The number of methoxy groups -OCH3 is 1. The SMILES string of the molecule is COc1ccc(S(=O)(=O)N(C)C[C@@H]2Oc3ccc(NC(=O)c4ccncc4)cc3CC(=O)N([C@@H](C)CO)C[C@@H]2C)cc1. The highest BCUT2D eigenvalue weighted by Crippen LogP contribution is 2.30. The van der Waals surface area contributed by atoms with Crippen LogP contribution in [-0.2, 0) is 21.2 Å². The van der Waals surface area contributed by atoms with Crippen molar-refractivity contribution in [1.82, 2.24) is 14.2 Å². The summed E-state index contributed by atoms with van der Waals surface area (Å²) in [5.74, 6) is 0.107. The number of ether oxygens (including phenoxy) is 2. The van der Waals surface area contributed by atoms with Crippen molar-refractivity contribution < 1.29 is 32.6 Å². The Labute approximate surface area is 246 Å². The summed E-state index contributed by atoms with van der Waals surface area (Å²) < 4.78 is 39.6. The highest BCUT2D eigenvalue weighted by molar-refractivity contribution is 7.89. The minimum atomic E-state index is -3.86. The second-order valence-corrected chi connectivity index (χ2v) is 12.4. The number of carbonyl (C=O) groups excluding carboxylic acids is 2. The molecule has 2 heterocycles. The number of aromatic nitrogens is 1. The molecule has 3 aromatic rings. The van der Waals surface area contributed by atoms with Gasteiger partial charge in [-0.05, 0) is 61.5 Å². The Morgan fingerprint density at radius 3 is 2.52 bits per heavy atom. The molecule has 1 aliphatic heterocycles. The van der Waals surface area contributed by atoms with Crippen LogP contribution in [-0.4, -0.2) is 85.5 Å². The van der Waals surface area contributed by atoms with E-state index in [-0.39, 0.29) is 48.7 Å². The number of anilines is 1. The molecule has 1 aliphatic rings. The monoisotopic (exact) mass is 596 g/mol. The molecule has 224 valence electrons. The summed E-state index contributed by atoms with van der Waals surface area (Å²) in [5, 5.41) is 12.7. The van der Waals surface area contributed by atoms with Gasteiger partial charge in [0.15, 0.2) is 0 Å². The number of sulfonamides is 1. The van der Waals surface area contributed by atoms with Gasteiger partial charge in [0, 0.05) is 48.7 Å². The van der Waals surface area contributed by atoms with Gasteiger partial charge in [0.1, 0.15) is 17.6 Å². The minimum Gasteiger partial charge on any atom is -0.497 e. The van der Waals surface area contributed by atoms with Gasteiger partial charge in [0.05, 0.1) is 37.6 Å². The molecule has 0 fully saturated rings. The van der Waals surface area contributed by atoms with Gasteiger partial charge in [0.2, 0.25) is 15.9 Å². The Kier molecular flexibility index (Phi) is 9.81. The number of hydrogen-bond donors (Lipinski definition) is 2. The van der Waals surface area contributed by atoms with Gasteiger partial charge in [-0.25, -0.2) is 8.42 Å². The van der Waals surface area contributed by atoms with E-state index in [2.05, 4.69) is 10.3 Å². The van der Waals surface area contributed by atoms with Gasteiger partial charge in [0.25, 0.3) is 5.91 Å². The number of fused-ring (bicyclic) bond motifs is 1. The van der Waals surface area contributed by atoms with E-state index < -0.39 is 22.2 Å². The topological polar surface area (TPSA) is 138 Å². The van der Waals surface area contributed by atoms with E-state index in [4.69, 9.17) is 9.47 Å². The van der Waals surface area contributed by atoms with Crippen LogP contribution in [0.2, 0.25) is 0 Å². The lowest BCUT2D eigenvalue weighted by molar-refractivity contribution is -0.134. The van der Waals surface area contributed by atoms with Gasteiger partial charge in [-0.15, -0.1) is 0 Å². The first-order chi connectivity index (χ1) is 20.0. The molecule has 0 aliphatic carbocycles. The van der Waals surface area contributed by atoms with Crippen molar-refractivity contribution in [1.29, 1.82) is 0 Å². The number of amides is 2. The summed E-state index contributed by atoms with van der Waals surface area (Å²) in [5.41, 5.74) is 1.43. The van der Waals surface area contributed by atoms with Gasteiger partial charge >= 0.3 is 0 Å². The maximum Gasteiger partial charge on any atom is 0.255 e. The molecule has 1 aromatic heterocycles. The van der Waals surface area contributed by atoms with Crippen LogP contribution in [0.15, 0.2) is 71.9 Å². The van der Waals surface area contributed by atoms with Crippen molar-refractivity contribution >= 4 is 27.5 Å². The van der Waals surface area contributed by atoms with Gasteiger partial charge < -0.3 is 24.8 Å². The zero-order valence-electron chi connectivity index (χ0n) is 24.1. The Morgan fingerprint density at radius 1 is 1.19 bits per heavy atom. The number of nitrogens with one attached hydrogen (secondary N) is 1. The molecule has 0 saturated heterocycles. The van der Waals surface area contributed by atoms with Crippen molar-refractivity contribution in [3.05, 3.63) is 78.1 Å². The number of nitrogens with zero attached hydrogens (tertiary/aromatic N) is 3. The molecule has 3 atom stereocenters. The van der Waals surface area contributed by atoms with Crippen LogP contribution in [0.1, 0.15) is 29.8 Å². The molecule has 2 aromatic carbocycles. The fourth-order valence-electron chi connectivity index (χ4n) is 4.71. The van der Waals surface area contributed by atoms with Crippen molar-refractivity contribution in [2.75, 3.05) is 39.2 Å². The molecule has 12 heteroatoms. The van der Waals surface area contributed by atoms with E-state index in [1.165, 1.54) is 43.0 Å². The highest BCUT2D eigenvalue weighted by Gasteiger charge is 2.33. The minimum absolute atomic E-state index is 0.00500. The number of hydrogen-bond acceptors (Lipinski definition) is 8. The number of benzene rings is 2. The first kappa shape index (κ1) is 30.9. The first-order valence-electron chi connectivity index (χ1n) is 13.5. The predicted octanol–water partition coefficient (Wildman–Crippen LogP) is 2.81. The van der Waals surface area contributed by atoms with E-state index in [0.29, 0.717) is 28.3 Å². The molecule has 0 radical (unpaired) electrons. The largest absolute Gasteiger partial charge is 0.497 e. The number of likely N-dealkylation sites (N-methyl/N-ethyl adjacent to an activating group) is 1. The zero-order valence-corrected chi connectivity index (χ0v) is 24.9. The molecule has 2 amide bonds. The zero-order chi connectivity index (χ0) is 30.4. The average molecular weight is 597 g/mol. The van der Waals surface area contributed by atoms with Crippen LogP contribution in [0, 0.1) is 5.92 Å². The highest BCUT2D eigenvalue weighted by atomic mass is 32.2. The Bertz CT molecular complexity index is 1500. The van der Waals surface area contributed by atoms with Crippen LogP contribution < -0.4 is 14.8 Å². The molecule has 4 rings (SSSR count). The van der Waals surface area contributed by atoms with E-state index in [0.717, 1.165) is 0 Å². The van der Waals surface area contributed by atoms with Crippen LogP contribution in [0.3, 0.4) is 0 Å². The number of rotatable bonds is 9. The lowest BCUT2D eigenvalue weighted by atomic mass is 10.0. The molecular weight excluding hydrogens is 560 g/mol. The summed E-state index contributed by atoms with van der Waals surface area (Å²) in [6.07, 6.45) is 2.38. The average Bonchev–Trinajstić information content (AvgIpc) is 3.04. The Hall–Kier alpha value is -4.00. The number of aliphatic hydroxyl groups excluding tert-OH is 1. The van der Waals surface area contributed by atoms with Gasteiger partial charge in [-0.2, -0.15) is 4.31 Å². The van der Waals surface area contributed by atoms with Crippen LogP contribution in [0.5, 0.6) is 11.5 Å². The van der Waals surface area contributed by atoms with Crippen LogP contribution in [0.25, 0.3) is 0 Å². The van der Waals surface area contributed by atoms with E-state index >= 15 is 0 Å². The Balaban J connectivity index is 1.64. The summed E-state index contributed by atoms with van der Waals surface area (Å²) in [7, 11) is -0.868. The van der Waals surface area contributed by atoms with Gasteiger partial charge in [-0.3, -0.25) is 14.6 Å². The number of carbonyl (C=O) groups is 2. The molecule has 42 heavy (non-hydrogen) atoms. The van der Waals surface area contributed by atoms with Crippen molar-refractivity contribution in [2.24, 2.45) is 5.92 Å². The standard InChI is InChI=1S/C30H36N4O7S/c1-20-17-34(21(2)19-35)29(36)16-23-15-24(32-30(37)22-11-13-31-14-12-22)5-10-27(23)41-28(20)18-33(3)42(38,39)26-8-6-25(40-4)7-9-26/h5-15,20-21,28,35H,16-19H2,1-4H3,(H,32,37)/t20-,21-,28-/m0/s1. The van der Waals surface area contributed by atoms with E-state index in [1.807, 2.05) is 6.92 Å². The molecule has 0 spiro atoms. The maximum atomic E-state index is 13.5. The van der Waals surface area contributed by atoms with Crippen LogP contribution >= 0.6 is 0 Å². The molecule has 2 N–H and O–H groups in total. The fraction of sp³-hybridized carbons (Fsp3) is 0.367. The van der Waals surface area contributed by atoms with Crippen molar-refractivity contribution in [3.63, 3.8) is 0 Å². The maximum absolute atomic E-state index is 13.5. The van der Waals surface area contributed by atoms with Crippen molar-refractivity contribution in [3.8, 4) is 11.5 Å². The molecule has 0 saturated carbocycles. The second kappa shape index (κ2) is 13.3. The van der Waals surface area contributed by atoms with Gasteiger partial charge in [-0.1, -0.05) is 6.92 Å². The van der Waals surface area contributed by atoms with Crippen molar-refractivity contribution in [2.45, 2.75) is 37.3 Å². The fourth-order valence-corrected chi connectivity index (χ4v) is 5.89. The molecule has 0 unspecified atom stereocenters. The lowest BCUT2D eigenvalue weighted by Crippen LogP contribution is -2.48. The first-order valence-corrected chi connectivity index (χ1v) is 15.0.